The molecule has 7 heteroatoms. The SMILES string of the molecule is COCCN(C)/C(=C/CC(N)c1cc(OC2(C)CC2)ccc1N)N=CN. The number of hydrogen-bond donors (Lipinski definition) is 3. The number of methoxy groups -OCH3 is 1. The molecule has 0 spiro atoms. The van der Waals surface area contributed by atoms with Crippen molar-refractivity contribution in [3.8, 4) is 5.75 Å². The second kappa shape index (κ2) is 8.91. The summed E-state index contributed by atoms with van der Waals surface area (Å²) in [4.78, 5) is 6.18. The number of benzene rings is 1. The van der Waals surface area contributed by atoms with Crippen molar-refractivity contribution in [1.82, 2.24) is 4.90 Å². The van der Waals surface area contributed by atoms with Crippen LogP contribution in [-0.2, 0) is 4.74 Å². The lowest BCUT2D eigenvalue weighted by atomic mass is 10.0. The number of nitrogen functional groups attached to an aromatic ring is 1. The molecular weight excluding hydrogens is 330 g/mol. The number of ether oxygens (including phenoxy) is 2. The molecule has 144 valence electrons. The second-order valence-electron chi connectivity index (χ2n) is 6.94. The van der Waals surface area contributed by atoms with Crippen molar-refractivity contribution >= 4 is 12.0 Å². The van der Waals surface area contributed by atoms with Crippen LogP contribution in [-0.4, -0.2) is 44.1 Å². The van der Waals surface area contributed by atoms with Gasteiger partial charge in [-0.1, -0.05) is 0 Å². The van der Waals surface area contributed by atoms with E-state index >= 15 is 0 Å². The Morgan fingerprint density at radius 3 is 2.77 bits per heavy atom. The van der Waals surface area contributed by atoms with Crippen molar-refractivity contribution in [2.24, 2.45) is 16.5 Å². The predicted molar refractivity (Wildman–Crippen MR) is 106 cm³/mol. The molecule has 1 fully saturated rings. The maximum Gasteiger partial charge on any atom is 0.126 e. The van der Waals surface area contributed by atoms with Crippen LogP contribution in [0.15, 0.2) is 35.1 Å². The van der Waals surface area contributed by atoms with E-state index in [1.807, 2.05) is 36.2 Å². The Morgan fingerprint density at radius 1 is 1.42 bits per heavy atom. The first-order chi connectivity index (χ1) is 12.4. The van der Waals surface area contributed by atoms with Crippen LogP contribution in [0.25, 0.3) is 0 Å². The number of hydrogen-bond acceptors (Lipinski definition) is 6. The van der Waals surface area contributed by atoms with E-state index in [9.17, 15) is 0 Å². The molecule has 1 saturated carbocycles. The summed E-state index contributed by atoms with van der Waals surface area (Å²) < 4.78 is 11.1. The summed E-state index contributed by atoms with van der Waals surface area (Å²) in [5.74, 6) is 1.56. The standard InChI is InChI=1S/C19H31N5O2/c1-19(8-9-19)26-14-4-5-16(21)15(12-14)17(22)6-7-18(23-13-20)24(2)10-11-25-3/h4-5,7,12-13,17H,6,8-11,21-22H2,1-3H3,(H2,20,23)/b18-7+. The van der Waals surface area contributed by atoms with Crippen molar-refractivity contribution in [3.05, 3.63) is 35.7 Å². The first-order valence-electron chi connectivity index (χ1n) is 8.87. The lowest BCUT2D eigenvalue weighted by Gasteiger charge is -2.20. The summed E-state index contributed by atoms with van der Waals surface area (Å²) in [6.45, 7) is 3.42. The summed E-state index contributed by atoms with van der Waals surface area (Å²) in [5.41, 5.74) is 19.5. The normalized spacial score (nSPS) is 17.3. The first-order valence-corrected chi connectivity index (χ1v) is 8.87. The predicted octanol–water partition coefficient (Wildman–Crippen LogP) is 2.00. The zero-order chi connectivity index (χ0) is 19.2. The van der Waals surface area contributed by atoms with Crippen molar-refractivity contribution in [2.75, 3.05) is 33.0 Å². The molecule has 1 aliphatic carbocycles. The van der Waals surface area contributed by atoms with Crippen molar-refractivity contribution in [2.45, 2.75) is 37.8 Å². The highest BCUT2D eigenvalue weighted by Crippen LogP contribution is 2.40. The van der Waals surface area contributed by atoms with Crippen LogP contribution in [0.1, 0.15) is 37.8 Å². The van der Waals surface area contributed by atoms with Gasteiger partial charge in [-0.05, 0) is 56.0 Å². The quantitative estimate of drug-likeness (QED) is 0.334. The fourth-order valence-electron chi connectivity index (χ4n) is 2.59. The average Bonchev–Trinajstić information content (AvgIpc) is 3.34. The molecule has 0 aliphatic heterocycles. The highest BCUT2D eigenvalue weighted by Gasteiger charge is 2.40. The van der Waals surface area contributed by atoms with E-state index in [-0.39, 0.29) is 11.6 Å². The molecule has 0 heterocycles. The fourth-order valence-corrected chi connectivity index (χ4v) is 2.59. The Labute approximate surface area is 155 Å². The Kier molecular flexibility index (Phi) is 6.88. The molecule has 6 N–H and O–H groups in total. The number of rotatable bonds is 10. The van der Waals surface area contributed by atoms with E-state index in [4.69, 9.17) is 26.7 Å². The van der Waals surface area contributed by atoms with Gasteiger partial charge in [0.1, 0.15) is 17.2 Å². The van der Waals surface area contributed by atoms with Gasteiger partial charge in [0.2, 0.25) is 0 Å². The average molecular weight is 361 g/mol. The molecule has 0 radical (unpaired) electrons. The molecule has 1 atom stereocenters. The van der Waals surface area contributed by atoms with Crippen LogP contribution in [0.2, 0.25) is 0 Å². The van der Waals surface area contributed by atoms with E-state index in [2.05, 4.69) is 11.9 Å². The highest BCUT2D eigenvalue weighted by atomic mass is 16.5. The van der Waals surface area contributed by atoms with E-state index in [1.54, 1.807) is 7.11 Å². The maximum atomic E-state index is 6.38. The number of nitrogens with zero attached hydrogens (tertiary/aromatic N) is 2. The molecule has 1 unspecified atom stereocenters. The molecular formula is C19H31N5O2. The summed E-state index contributed by atoms with van der Waals surface area (Å²) in [6, 6.07) is 5.43. The van der Waals surface area contributed by atoms with Gasteiger partial charge in [-0.25, -0.2) is 4.99 Å². The third-order valence-corrected chi connectivity index (χ3v) is 4.56. The Morgan fingerprint density at radius 2 is 2.15 bits per heavy atom. The first kappa shape index (κ1) is 20.1. The summed E-state index contributed by atoms with van der Waals surface area (Å²) in [7, 11) is 3.60. The lowest BCUT2D eigenvalue weighted by Crippen LogP contribution is -2.22. The van der Waals surface area contributed by atoms with Crippen molar-refractivity contribution in [3.63, 3.8) is 0 Å². The van der Waals surface area contributed by atoms with Gasteiger partial charge in [-0.2, -0.15) is 0 Å². The minimum absolute atomic E-state index is 0.0372. The van der Waals surface area contributed by atoms with Gasteiger partial charge in [0, 0.05) is 32.4 Å². The Hall–Kier alpha value is -2.25. The number of likely N-dealkylation sites (N-methyl/N-ethyl adjacent to an activating group) is 1. The van der Waals surface area contributed by atoms with Crippen LogP contribution in [0.3, 0.4) is 0 Å². The molecule has 2 rings (SSSR count). The molecule has 7 nitrogen and oxygen atoms in total. The number of nitrogens with two attached hydrogens (primary N) is 3. The topological polar surface area (TPSA) is 112 Å². The second-order valence-corrected chi connectivity index (χ2v) is 6.94. The minimum Gasteiger partial charge on any atom is -0.488 e. The van der Waals surface area contributed by atoms with Gasteiger partial charge in [0.05, 0.1) is 12.9 Å². The Balaban J connectivity index is 2.09. The Bertz CT molecular complexity index is 655. The number of aliphatic imine (C=N–C) groups is 1. The molecule has 0 bridgehead atoms. The van der Waals surface area contributed by atoms with Crippen molar-refractivity contribution in [1.29, 1.82) is 0 Å². The van der Waals surface area contributed by atoms with Gasteiger partial charge in [0.25, 0.3) is 0 Å². The lowest BCUT2D eigenvalue weighted by molar-refractivity contribution is 0.173. The minimum atomic E-state index is -0.260. The maximum absolute atomic E-state index is 6.38. The van der Waals surface area contributed by atoms with Crippen LogP contribution < -0.4 is 21.9 Å². The van der Waals surface area contributed by atoms with Gasteiger partial charge in [-0.15, -0.1) is 0 Å². The summed E-state index contributed by atoms with van der Waals surface area (Å²) >= 11 is 0. The van der Waals surface area contributed by atoms with Crippen LogP contribution in [0, 0.1) is 0 Å². The largest absolute Gasteiger partial charge is 0.488 e. The summed E-state index contributed by atoms with van der Waals surface area (Å²) in [6.07, 6.45) is 5.97. The van der Waals surface area contributed by atoms with Crippen molar-refractivity contribution < 1.29 is 9.47 Å². The molecule has 26 heavy (non-hydrogen) atoms. The van der Waals surface area contributed by atoms with E-state index < -0.39 is 0 Å². The van der Waals surface area contributed by atoms with Gasteiger partial charge >= 0.3 is 0 Å². The van der Waals surface area contributed by atoms with Gasteiger partial charge in [-0.3, -0.25) is 0 Å². The summed E-state index contributed by atoms with van der Waals surface area (Å²) in [5, 5.41) is 0. The number of anilines is 1. The zero-order valence-electron chi connectivity index (χ0n) is 15.9. The smallest absolute Gasteiger partial charge is 0.126 e. The fraction of sp³-hybridized carbons (Fsp3) is 0.526. The monoisotopic (exact) mass is 361 g/mol. The van der Waals surface area contributed by atoms with E-state index in [0.29, 0.717) is 25.3 Å². The highest BCUT2D eigenvalue weighted by molar-refractivity contribution is 5.53. The zero-order valence-corrected chi connectivity index (χ0v) is 15.9. The van der Waals surface area contributed by atoms with E-state index in [1.165, 1.54) is 6.34 Å². The molecule has 1 aliphatic rings. The van der Waals surface area contributed by atoms with Crippen LogP contribution >= 0.6 is 0 Å². The van der Waals surface area contributed by atoms with E-state index in [0.717, 1.165) is 30.0 Å². The molecule has 0 saturated heterocycles. The third-order valence-electron chi connectivity index (χ3n) is 4.56. The molecule has 0 amide bonds. The van der Waals surface area contributed by atoms with Gasteiger partial charge < -0.3 is 31.6 Å². The van der Waals surface area contributed by atoms with Crippen LogP contribution in [0.4, 0.5) is 5.69 Å². The molecule has 1 aromatic rings. The van der Waals surface area contributed by atoms with Crippen LogP contribution in [0.5, 0.6) is 5.75 Å². The molecule has 0 aromatic heterocycles. The van der Waals surface area contributed by atoms with Gasteiger partial charge in [0.15, 0.2) is 0 Å². The third kappa shape index (κ3) is 5.64. The molecule has 1 aromatic carbocycles.